The van der Waals surface area contributed by atoms with Crippen molar-refractivity contribution in [3.63, 3.8) is 0 Å². The minimum Gasteiger partial charge on any atom is -0.378 e. The lowest BCUT2D eigenvalue weighted by Gasteiger charge is -2.23. The van der Waals surface area contributed by atoms with E-state index in [-0.39, 0.29) is 17.9 Å². The third-order valence-corrected chi connectivity index (χ3v) is 3.82. The highest BCUT2D eigenvalue weighted by atomic mass is 16.5. The Kier molecular flexibility index (Phi) is 4.56. The number of benzene rings is 1. The van der Waals surface area contributed by atoms with Gasteiger partial charge in [-0.25, -0.2) is 0 Å². The van der Waals surface area contributed by atoms with E-state index in [9.17, 15) is 4.79 Å². The second-order valence-electron chi connectivity index (χ2n) is 5.14. The zero-order chi connectivity index (χ0) is 13.8. The van der Waals surface area contributed by atoms with Gasteiger partial charge in [0.2, 0.25) is 5.91 Å². The standard InChI is InChI=1S/C15H22N2O2/c1-11-14(7-8-19-11)15(18)17(2)10-13-6-4-3-5-12(13)9-16/h3-6,11,14H,7-10,16H2,1-2H3. The maximum absolute atomic E-state index is 12.4. The van der Waals surface area contributed by atoms with Crippen LogP contribution in [0.1, 0.15) is 24.5 Å². The molecule has 0 bridgehead atoms. The van der Waals surface area contributed by atoms with E-state index in [0.29, 0.717) is 19.7 Å². The number of hydrogen-bond acceptors (Lipinski definition) is 3. The van der Waals surface area contributed by atoms with Crippen LogP contribution in [0.2, 0.25) is 0 Å². The molecular formula is C15H22N2O2. The predicted octanol–water partition coefficient (Wildman–Crippen LogP) is 1.53. The van der Waals surface area contributed by atoms with Gasteiger partial charge in [-0.15, -0.1) is 0 Å². The molecule has 1 aromatic carbocycles. The first-order valence-corrected chi connectivity index (χ1v) is 6.77. The molecule has 0 aromatic heterocycles. The summed E-state index contributed by atoms with van der Waals surface area (Å²) in [6.45, 7) is 3.76. The Morgan fingerprint density at radius 2 is 2.11 bits per heavy atom. The lowest BCUT2D eigenvalue weighted by atomic mass is 10.0. The van der Waals surface area contributed by atoms with E-state index in [0.717, 1.165) is 17.5 Å². The van der Waals surface area contributed by atoms with E-state index < -0.39 is 0 Å². The van der Waals surface area contributed by atoms with Crippen LogP contribution in [-0.2, 0) is 22.6 Å². The molecule has 19 heavy (non-hydrogen) atoms. The molecule has 1 aliphatic heterocycles. The summed E-state index contributed by atoms with van der Waals surface area (Å²) in [6.07, 6.45) is 0.850. The Labute approximate surface area is 114 Å². The molecule has 1 saturated heterocycles. The van der Waals surface area contributed by atoms with Crippen molar-refractivity contribution in [3.8, 4) is 0 Å². The van der Waals surface area contributed by atoms with E-state index in [4.69, 9.17) is 10.5 Å². The Balaban J connectivity index is 2.04. The molecule has 0 spiro atoms. The Morgan fingerprint density at radius 3 is 2.68 bits per heavy atom. The Hall–Kier alpha value is -1.39. The summed E-state index contributed by atoms with van der Waals surface area (Å²) in [6, 6.07) is 7.99. The summed E-state index contributed by atoms with van der Waals surface area (Å²) in [5.74, 6) is 0.159. The van der Waals surface area contributed by atoms with E-state index in [1.807, 2.05) is 38.2 Å². The number of carbonyl (C=O) groups is 1. The third kappa shape index (κ3) is 3.14. The van der Waals surface area contributed by atoms with E-state index >= 15 is 0 Å². The second-order valence-corrected chi connectivity index (χ2v) is 5.14. The van der Waals surface area contributed by atoms with Crippen molar-refractivity contribution in [2.75, 3.05) is 13.7 Å². The fourth-order valence-electron chi connectivity index (χ4n) is 2.58. The largest absolute Gasteiger partial charge is 0.378 e. The summed E-state index contributed by atoms with van der Waals surface area (Å²) < 4.78 is 5.46. The summed E-state index contributed by atoms with van der Waals surface area (Å²) in [5, 5.41) is 0. The quantitative estimate of drug-likeness (QED) is 0.895. The van der Waals surface area contributed by atoms with Gasteiger partial charge in [-0.1, -0.05) is 24.3 Å². The maximum Gasteiger partial charge on any atom is 0.228 e. The van der Waals surface area contributed by atoms with Gasteiger partial charge in [-0.3, -0.25) is 4.79 Å². The highest BCUT2D eigenvalue weighted by molar-refractivity contribution is 5.79. The zero-order valence-corrected chi connectivity index (χ0v) is 11.6. The number of ether oxygens (including phenoxy) is 1. The molecule has 1 heterocycles. The smallest absolute Gasteiger partial charge is 0.228 e. The molecule has 2 rings (SSSR count). The Bertz CT molecular complexity index is 448. The van der Waals surface area contributed by atoms with Crippen molar-refractivity contribution in [2.24, 2.45) is 11.7 Å². The molecule has 1 aliphatic rings. The van der Waals surface area contributed by atoms with Crippen molar-refractivity contribution >= 4 is 5.91 Å². The third-order valence-electron chi connectivity index (χ3n) is 3.82. The second kappa shape index (κ2) is 6.17. The monoisotopic (exact) mass is 262 g/mol. The molecule has 2 N–H and O–H groups in total. The minimum atomic E-state index is -0.00459. The van der Waals surface area contributed by atoms with Gasteiger partial charge in [0.25, 0.3) is 0 Å². The van der Waals surface area contributed by atoms with Crippen molar-refractivity contribution in [2.45, 2.75) is 32.5 Å². The van der Waals surface area contributed by atoms with Crippen LogP contribution < -0.4 is 5.73 Å². The topological polar surface area (TPSA) is 55.6 Å². The fourth-order valence-corrected chi connectivity index (χ4v) is 2.58. The zero-order valence-electron chi connectivity index (χ0n) is 11.6. The highest BCUT2D eigenvalue weighted by Gasteiger charge is 2.32. The first-order valence-electron chi connectivity index (χ1n) is 6.77. The molecule has 0 saturated carbocycles. The van der Waals surface area contributed by atoms with Gasteiger partial charge in [0.05, 0.1) is 12.0 Å². The first kappa shape index (κ1) is 14.0. The molecule has 0 radical (unpaired) electrons. The molecule has 1 aromatic rings. The summed E-state index contributed by atoms with van der Waals surface area (Å²) >= 11 is 0. The molecule has 0 aliphatic carbocycles. The molecule has 1 fully saturated rings. The number of nitrogens with two attached hydrogens (primary N) is 1. The summed E-state index contributed by atoms with van der Waals surface area (Å²) in [7, 11) is 1.85. The maximum atomic E-state index is 12.4. The molecule has 2 unspecified atom stereocenters. The van der Waals surface area contributed by atoms with E-state index in [1.165, 1.54) is 0 Å². The SMILES string of the molecule is CC1OCCC1C(=O)N(C)Cc1ccccc1CN. The fraction of sp³-hybridized carbons (Fsp3) is 0.533. The van der Waals surface area contributed by atoms with Gasteiger partial charge >= 0.3 is 0 Å². The van der Waals surface area contributed by atoms with Crippen LogP contribution in [-0.4, -0.2) is 30.6 Å². The van der Waals surface area contributed by atoms with Crippen LogP contribution in [0.4, 0.5) is 0 Å². The molecule has 1 amide bonds. The minimum absolute atomic E-state index is 0.00459. The summed E-state index contributed by atoms with van der Waals surface area (Å²) in [4.78, 5) is 14.2. The average molecular weight is 262 g/mol. The number of rotatable bonds is 4. The number of hydrogen-bond donors (Lipinski definition) is 1. The highest BCUT2D eigenvalue weighted by Crippen LogP contribution is 2.23. The van der Waals surface area contributed by atoms with Crippen molar-refractivity contribution in [1.29, 1.82) is 0 Å². The number of amides is 1. The van der Waals surface area contributed by atoms with Gasteiger partial charge in [-0.2, -0.15) is 0 Å². The van der Waals surface area contributed by atoms with E-state index in [2.05, 4.69) is 0 Å². The van der Waals surface area contributed by atoms with Crippen LogP contribution >= 0.6 is 0 Å². The number of carbonyl (C=O) groups excluding carboxylic acids is 1. The van der Waals surface area contributed by atoms with Crippen LogP contribution in [0.3, 0.4) is 0 Å². The van der Waals surface area contributed by atoms with Crippen molar-refractivity contribution in [1.82, 2.24) is 4.90 Å². The first-order chi connectivity index (χ1) is 9.13. The van der Waals surface area contributed by atoms with Gasteiger partial charge in [0, 0.05) is 26.7 Å². The lowest BCUT2D eigenvalue weighted by Crippen LogP contribution is -2.35. The van der Waals surface area contributed by atoms with Crippen molar-refractivity contribution in [3.05, 3.63) is 35.4 Å². The van der Waals surface area contributed by atoms with Crippen LogP contribution in [0.15, 0.2) is 24.3 Å². The molecule has 4 heteroatoms. The van der Waals surface area contributed by atoms with Crippen molar-refractivity contribution < 1.29 is 9.53 Å². The van der Waals surface area contributed by atoms with Gasteiger partial charge in [-0.05, 0) is 24.5 Å². The van der Waals surface area contributed by atoms with Crippen LogP contribution in [0.5, 0.6) is 0 Å². The average Bonchev–Trinajstić information content (AvgIpc) is 2.84. The molecular weight excluding hydrogens is 240 g/mol. The lowest BCUT2D eigenvalue weighted by molar-refractivity contribution is -0.136. The molecule has 104 valence electrons. The van der Waals surface area contributed by atoms with Gasteiger partial charge in [0.15, 0.2) is 0 Å². The summed E-state index contributed by atoms with van der Waals surface area (Å²) in [5.41, 5.74) is 7.94. The number of nitrogens with zero attached hydrogens (tertiary/aromatic N) is 1. The normalized spacial score (nSPS) is 22.5. The van der Waals surface area contributed by atoms with Crippen LogP contribution in [0.25, 0.3) is 0 Å². The molecule has 4 nitrogen and oxygen atoms in total. The van der Waals surface area contributed by atoms with Crippen LogP contribution in [0, 0.1) is 5.92 Å². The van der Waals surface area contributed by atoms with Gasteiger partial charge in [0.1, 0.15) is 0 Å². The van der Waals surface area contributed by atoms with Gasteiger partial charge < -0.3 is 15.4 Å². The van der Waals surface area contributed by atoms with E-state index in [1.54, 1.807) is 4.90 Å². The molecule has 2 atom stereocenters. The predicted molar refractivity (Wildman–Crippen MR) is 74.3 cm³/mol. The Morgan fingerprint density at radius 1 is 1.42 bits per heavy atom.